The number of carbonyl (C=O) groups is 2. The van der Waals surface area contributed by atoms with E-state index >= 15 is 0 Å². The van der Waals surface area contributed by atoms with Gasteiger partial charge in [-0.3, -0.25) is 14.4 Å². The van der Waals surface area contributed by atoms with Crippen LogP contribution in [0.5, 0.6) is 17.2 Å². The van der Waals surface area contributed by atoms with Crippen molar-refractivity contribution < 1.29 is 24.9 Å². The summed E-state index contributed by atoms with van der Waals surface area (Å²) < 4.78 is 0. The van der Waals surface area contributed by atoms with Gasteiger partial charge in [-0.2, -0.15) is 0 Å². The lowest BCUT2D eigenvalue weighted by Crippen LogP contribution is -2.26. The van der Waals surface area contributed by atoms with Crippen LogP contribution in [0.3, 0.4) is 0 Å². The third kappa shape index (κ3) is 3.38. The van der Waals surface area contributed by atoms with Gasteiger partial charge in [0, 0.05) is 31.8 Å². The SMILES string of the molecule is O=C1N=C(c2c(-c3[nH]c(=O)c4ccc(Cl)cc4c3O)c(O)c3ccccc3c2O)C(=O)c2cc(Cl)ccc21. The van der Waals surface area contributed by atoms with Crippen LogP contribution in [0.25, 0.3) is 32.8 Å². The van der Waals surface area contributed by atoms with Crippen molar-refractivity contribution in [2.75, 3.05) is 0 Å². The number of aliphatic imine (C=N–C) groups is 1. The first-order valence-corrected chi connectivity index (χ1v) is 11.9. The molecule has 0 aliphatic carbocycles. The Labute approximate surface area is 223 Å². The predicted octanol–water partition coefficient (Wildman–Crippen LogP) is 5.60. The maximum absolute atomic E-state index is 13.6. The van der Waals surface area contributed by atoms with Crippen LogP contribution < -0.4 is 5.56 Å². The molecule has 1 aromatic heterocycles. The number of halogens is 2. The van der Waals surface area contributed by atoms with Gasteiger partial charge >= 0.3 is 0 Å². The van der Waals surface area contributed by atoms with Crippen LogP contribution in [0, 0.1) is 0 Å². The van der Waals surface area contributed by atoms with Gasteiger partial charge in [0.05, 0.1) is 27.8 Å². The minimum Gasteiger partial charge on any atom is -0.507 e. The number of nitrogens with one attached hydrogen (secondary N) is 1. The molecule has 0 atom stereocenters. The summed E-state index contributed by atoms with van der Waals surface area (Å²) in [7, 11) is 0. The van der Waals surface area contributed by atoms with Gasteiger partial charge in [-0.15, -0.1) is 0 Å². The Morgan fingerprint density at radius 2 is 1.29 bits per heavy atom. The molecule has 0 radical (unpaired) electrons. The number of benzene rings is 4. The quantitative estimate of drug-likeness (QED) is 0.213. The number of ketones is 1. The number of Topliss-reactive ketones (excluding diaryl/α,β-unsaturated/α-hetero) is 1. The zero-order valence-electron chi connectivity index (χ0n) is 19.0. The zero-order valence-corrected chi connectivity index (χ0v) is 20.6. The number of phenolic OH excluding ortho intramolecular Hbond substituents is 2. The molecule has 1 amide bonds. The number of aromatic hydroxyl groups is 3. The van der Waals surface area contributed by atoms with Crippen LogP contribution in [0.2, 0.25) is 10.0 Å². The van der Waals surface area contributed by atoms with Gasteiger partial charge in [0.1, 0.15) is 23.0 Å². The van der Waals surface area contributed by atoms with Gasteiger partial charge in [0.2, 0.25) is 5.78 Å². The van der Waals surface area contributed by atoms with E-state index in [1.54, 1.807) is 12.1 Å². The number of hydrogen-bond acceptors (Lipinski definition) is 6. The lowest BCUT2D eigenvalue weighted by atomic mass is 9.86. The van der Waals surface area contributed by atoms with Crippen molar-refractivity contribution >= 4 is 62.1 Å². The summed E-state index contributed by atoms with van der Waals surface area (Å²) in [6, 6.07) is 14.6. The molecule has 0 unspecified atom stereocenters. The van der Waals surface area contributed by atoms with Crippen molar-refractivity contribution in [3.05, 3.63) is 97.8 Å². The Hall–Kier alpha value is -4.66. The second-order valence-corrected chi connectivity index (χ2v) is 9.52. The number of phenols is 2. The number of carbonyl (C=O) groups excluding carboxylic acids is 2. The lowest BCUT2D eigenvalue weighted by Gasteiger charge is -2.21. The topological polar surface area (TPSA) is 140 Å². The largest absolute Gasteiger partial charge is 0.507 e. The van der Waals surface area contributed by atoms with Crippen molar-refractivity contribution in [2.45, 2.75) is 0 Å². The molecule has 1 aliphatic rings. The lowest BCUT2D eigenvalue weighted by molar-refractivity contribution is 0.0974. The first kappa shape index (κ1) is 23.7. The Morgan fingerprint density at radius 3 is 2.00 bits per heavy atom. The molecule has 5 aromatic rings. The Bertz CT molecular complexity index is 1990. The van der Waals surface area contributed by atoms with Crippen molar-refractivity contribution in [3.8, 4) is 28.5 Å². The maximum Gasteiger partial charge on any atom is 0.278 e. The van der Waals surface area contributed by atoms with Crippen LogP contribution in [-0.4, -0.2) is 37.7 Å². The summed E-state index contributed by atoms with van der Waals surface area (Å²) in [5.74, 6) is -2.97. The third-order valence-electron chi connectivity index (χ3n) is 6.49. The average molecular weight is 545 g/mol. The van der Waals surface area contributed by atoms with E-state index in [1.165, 1.54) is 48.5 Å². The molecule has 8 nitrogen and oxygen atoms in total. The molecule has 0 spiro atoms. The molecular weight excluding hydrogens is 531 g/mol. The smallest absolute Gasteiger partial charge is 0.278 e. The highest BCUT2D eigenvalue weighted by molar-refractivity contribution is 6.57. The first-order valence-electron chi connectivity index (χ1n) is 11.2. The Kier molecular flexibility index (Phi) is 5.27. The number of rotatable bonds is 2. The Balaban J connectivity index is 1.76. The number of nitrogens with zero attached hydrogens (tertiary/aromatic N) is 1. The van der Waals surface area contributed by atoms with Gasteiger partial charge in [-0.05, 0) is 36.4 Å². The summed E-state index contributed by atoms with van der Waals surface area (Å²) in [6.07, 6.45) is 0. The standard InChI is InChI=1S/C28H14Cl2N2O6/c29-11-5-7-15-17(9-11)25(35)21(31-27(15)37)19-20(24(34)14-4-2-1-3-13(14)23(19)33)22-26(36)18-10-12(30)6-8-16(18)28(38)32-22/h1-10,33-35H,(H,31,37). The van der Waals surface area contributed by atoms with E-state index in [0.29, 0.717) is 0 Å². The van der Waals surface area contributed by atoms with Crippen molar-refractivity contribution in [1.29, 1.82) is 0 Å². The molecule has 10 heteroatoms. The van der Waals surface area contributed by atoms with Crippen molar-refractivity contribution in [1.82, 2.24) is 4.98 Å². The predicted molar refractivity (Wildman–Crippen MR) is 144 cm³/mol. The number of aromatic amines is 1. The normalized spacial score (nSPS) is 13.2. The van der Waals surface area contributed by atoms with E-state index in [0.717, 1.165) is 0 Å². The summed E-state index contributed by atoms with van der Waals surface area (Å²) in [5.41, 5.74) is -2.12. The highest BCUT2D eigenvalue weighted by Crippen LogP contribution is 2.48. The van der Waals surface area contributed by atoms with Crippen molar-refractivity contribution in [2.24, 2.45) is 4.99 Å². The molecule has 0 saturated heterocycles. The summed E-state index contributed by atoms with van der Waals surface area (Å²) in [4.78, 5) is 46.0. The number of H-pyrrole nitrogens is 1. The molecule has 0 bridgehead atoms. The Morgan fingerprint density at radius 1 is 0.658 bits per heavy atom. The monoisotopic (exact) mass is 544 g/mol. The maximum atomic E-state index is 13.6. The number of amides is 1. The van der Waals surface area contributed by atoms with E-state index < -0.39 is 40.2 Å². The number of aromatic nitrogens is 1. The molecule has 6 rings (SSSR count). The molecule has 0 fully saturated rings. The van der Waals surface area contributed by atoms with Gasteiger partial charge < -0.3 is 20.3 Å². The van der Waals surface area contributed by atoms with E-state index in [1.807, 2.05) is 0 Å². The van der Waals surface area contributed by atoms with Gasteiger partial charge in [0.25, 0.3) is 11.5 Å². The summed E-state index contributed by atoms with van der Waals surface area (Å²) in [5, 5.41) is 35.0. The zero-order chi connectivity index (χ0) is 26.9. The summed E-state index contributed by atoms with van der Waals surface area (Å²) >= 11 is 12.2. The molecule has 4 aromatic carbocycles. The molecule has 1 aliphatic heterocycles. The van der Waals surface area contributed by atoms with Gasteiger partial charge in [0.15, 0.2) is 0 Å². The first-order chi connectivity index (χ1) is 18.2. The highest BCUT2D eigenvalue weighted by atomic mass is 35.5. The molecule has 0 saturated carbocycles. The molecular formula is C28H14Cl2N2O6. The van der Waals surface area contributed by atoms with E-state index in [9.17, 15) is 29.7 Å². The second kappa shape index (κ2) is 8.44. The fourth-order valence-corrected chi connectivity index (χ4v) is 5.09. The fraction of sp³-hybridized carbons (Fsp3) is 0. The highest BCUT2D eigenvalue weighted by Gasteiger charge is 2.35. The van der Waals surface area contributed by atoms with Crippen LogP contribution in [-0.2, 0) is 0 Å². The van der Waals surface area contributed by atoms with Crippen LogP contribution >= 0.6 is 23.2 Å². The van der Waals surface area contributed by atoms with Crippen LogP contribution in [0.15, 0.2) is 70.5 Å². The molecule has 4 N–H and O–H groups in total. The van der Waals surface area contributed by atoms with E-state index in [4.69, 9.17) is 23.2 Å². The minimum atomic E-state index is -0.771. The number of pyridine rings is 1. The third-order valence-corrected chi connectivity index (χ3v) is 6.96. The van der Waals surface area contributed by atoms with Crippen LogP contribution in [0.4, 0.5) is 0 Å². The van der Waals surface area contributed by atoms with E-state index in [2.05, 4.69) is 9.98 Å². The fourth-order valence-electron chi connectivity index (χ4n) is 4.74. The molecule has 2 heterocycles. The number of hydrogen-bond donors (Lipinski definition) is 4. The summed E-state index contributed by atoms with van der Waals surface area (Å²) in [6.45, 7) is 0. The van der Waals surface area contributed by atoms with Gasteiger partial charge in [-0.25, -0.2) is 4.99 Å². The van der Waals surface area contributed by atoms with Crippen LogP contribution in [0.1, 0.15) is 26.3 Å². The minimum absolute atomic E-state index is 0.0193. The van der Waals surface area contributed by atoms with E-state index in [-0.39, 0.29) is 59.5 Å². The second-order valence-electron chi connectivity index (χ2n) is 8.65. The van der Waals surface area contributed by atoms with Gasteiger partial charge in [-0.1, -0.05) is 47.5 Å². The molecule has 186 valence electrons. The average Bonchev–Trinajstić information content (AvgIpc) is 2.90. The number of fused-ring (bicyclic) bond motifs is 3. The van der Waals surface area contributed by atoms with Crippen molar-refractivity contribution in [3.63, 3.8) is 0 Å². The molecule has 38 heavy (non-hydrogen) atoms.